The molecule has 2 unspecified atom stereocenters. The number of carboxylic acids is 6. The molecule has 13 N–H and O–H groups in total. The molecule has 5 aromatic rings. The molecule has 2 aliphatic rings. The van der Waals surface area contributed by atoms with Gasteiger partial charge in [-0.1, -0.05) is 36.4 Å². The lowest BCUT2D eigenvalue weighted by Crippen LogP contribution is -2.52. The number of nitrogens with two attached hydrogens (primary N) is 1. The lowest BCUT2D eigenvalue weighted by molar-refractivity contribution is -0.161. The van der Waals surface area contributed by atoms with Crippen LogP contribution >= 0.6 is 0 Å². The normalized spacial score (nSPS) is 14.9. The third kappa shape index (κ3) is 46.0. The maximum atomic E-state index is 13.3. The third-order valence-corrected chi connectivity index (χ3v) is 21.1. The van der Waals surface area contributed by atoms with Crippen LogP contribution in [0.15, 0.2) is 83.8 Å². The number of carbonyl (C=O) groups is 15. The molecule has 0 saturated carbocycles. The number of carboxylic acid groups (broad SMARTS) is 6. The predicted molar refractivity (Wildman–Crippen MR) is 490 cm³/mol. The number of hydrogen-bond donors (Lipinski definition) is 12. The number of hydrogen-bond acceptors (Lipinski definition) is 33. The monoisotopic (exact) mass is 1880 g/mol. The fourth-order valence-corrected chi connectivity index (χ4v) is 14.7. The molecule has 0 aliphatic carbocycles. The van der Waals surface area contributed by atoms with Crippen molar-refractivity contribution in [3.8, 4) is 0 Å². The van der Waals surface area contributed by atoms with E-state index in [1.807, 2.05) is 17.0 Å². The van der Waals surface area contributed by atoms with Crippen molar-refractivity contribution in [1.82, 2.24) is 69.8 Å². The molecule has 2 aliphatic heterocycles. The van der Waals surface area contributed by atoms with Crippen LogP contribution in [0.5, 0.6) is 0 Å². The number of Topliss-reactive ketones (excluding diaryl/α,β-unsaturated/α-hetero) is 4. The minimum absolute atomic E-state index is 0.0173. The van der Waals surface area contributed by atoms with E-state index in [2.05, 4.69) is 55.9 Å². The zero-order valence-electron chi connectivity index (χ0n) is 77.7. The molecule has 2 aromatic heterocycles. The maximum absolute atomic E-state index is 13.3. The molecule has 3 aromatic carbocycles. The van der Waals surface area contributed by atoms with Gasteiger partial charge in [-0.25, -0.2) is 14.8 Å². The first-order valence-corrected chi connectivity index (χ1v) is 44.5. The summed E-state index contributed by atoms with van der Waals surface area (Å²) >= 11 is 0. The Bertz CT molecular complexity index is 4700. The Morgan fingerprint density at radius 1 is 0.493 bits per heavy atom. The van der Waals surface area contributed by atoms with E-state index in [4.69, 9.17) is 29.8 Å². The van der Waals surface area contributed by atoms with Crippen LogP contribution in [0.1, 0.15) is 139 Å². The van der Waals surface area contributed by atoms with Crippen molar-refractivity contribution in [3.05, 3.63) is 117 Å². The van der Waals surface area contributed by atoms with Crippen LogP contribution in [0.4, 0.5) is 17.3 Å². The minimum atomic E-state index is -1.30. The zero-order valence-corrected chi connectivity index (χ0v) is 77.7. The van der Waals surface area contributed by atoms with Gasteiger partial charge in [-0.3, -0.25) is 116 Å². The largest absolute Gasteiger partial charge is 0.481 e. The molecule has 0 radical (unpaired) electrons. The number of fused-ring (bicyclic) bond motifs is 1. The van der Waals surface area contributed by atoms with Crippen molar-refractivity contribution >= 4 is 117 Å². The molecule has 43 heteroatoms. The van der Waals surface area contributed by atoms with Crippen molar-refractivity contribution in [1.29, 1.82) is 0 Å². The number of aliphatic carboxylic acids is 6. The Morgan fingerprint density at radius 3 is 1.42 bits per heavy atom. The van der Waals surface area contributed by atoms with Gasteiger partial charge in [0.15, 0.2) is 11.2 Å². The first-order valence-electron chi connectivity index (χ1n) is 44.5. The molecule has 43 nitrogen and oxygen atoms in total. The number of esters is 2. The second kappa shape index (κ2) is 56.8. The van der Waals surface area contributed by atoms with Crippen LogP contribution in [-0.4, -0.2) is 385 Å². The highest BCUT2D eigenvalue weighted by molar-refractivity contribution is 5.97. The quantitative estimate of drug-likeness (QED) is 0.0195. The Hall–Kier alpha value is -12.1. The number of nitrogens with one attached hydrogen (secondary N) is 5. The van der Waals surface area contributed by atoms with Crippen LogP contribution in [0, 0.1) is 0 Å². The van der Waals surface area contributed by atoms with Gasteiger partial charge < -0.3 is 76.6 Å². The number of benzene rings is 3. The van der Waals surface area contributed by atoms with E-state index in [-0.39, 0.29) is 188 Å². The van der Waals surface area contributed by atoms with Gasteiger partial charge in [0.05, 0.1) is 97.0 Å². The Morgan fingerprint density at radius 2 is 0.948 bits per heavy atom. The van der Waals surface area contributed by atoms with Gasteiger partial charge in [-0.05, 0) is 134 Å². The number of aromatic nitrogens is 4. The number of anilines is 3. The highest BCUT2D eigenvalue weighted by atomic mass is 16.6. The summed E-state index contributed by atoms with van der Waals surface area (Å²) in [5.74, 6) is -9.58. The van der Waals surface area contributed by atoms with Gasteiger partial charge in [0.25, 0.3) is 11.5 Å². The number of ketones is 4. The number of nitrogen functional groups attached to an aromatic ring is 1. The molecule has 2 fully saturated rings. The number of H-pyrrole nitrogens is 1. The van der Waals surface area contributed by atoms with Gasteiger partial charge in [0.2, 0.25) is 17.8 Å². The number of aromatic amines is 1. The number of carbonyl (C=O) groups excluding carboxylic acids is 9. The second-order valence-electron chi connectivity index (χ2n) is 35.1. The average molecular weight is 1880 g/mol. The van der Waals surface area contributed by atoms with Crippen LogP contribution in [0.2, 0.25) is 0 Å². The van der Waals surface area contributed by atoms with E-state index in [9.17, 15) is 102 Å². The van der Waals surface area contributed by atoms with Crippen LogP contribution in [-0.2, 0) is 112 Å². The van der Waals surface area contributed by atoms with Gasteiger partial charge in [-0.15, -0.1) is 0 Å². The van der Waals surface area contributed by atoms with E-state index in [0.29, 0.717) is 134 Å². The van der Waals surface area contributed by atoms with E-state index in [1.54, 1.807) is 119 Å². The first kappa shape index (κ1) is 111. The summed E-state index contributed by atoms with van der Waals surface area (Å²) in [7, 11) is 0. The van der Waals surface area contributed by atoms with Crippen LogP contribution in [0.3, 0.4) is 0 Å². The molecular weight excluding hydrogens is 1750 g/mol. The summed E-state index contributed by atoms with van der Waals surface area (Å²) < 4.78 is 22.4. The summed E-state index contributed by atoms with van der Waals surface area (Å²) in [5, 5.41) is 67.9. The zero-order chi connectivity index (χ0) is 98.6. The van der Waals surface area contributed by atoms with Gasteiger partial charge in [0.1, 0.15) is 40.4 Å². The van der Waals surface area contributed by atoms with Crippen molar-refractivity contribution in [3.63, 3.8) is 0 Å². The maximum Gasteiger partial charge on any atom is 0.326 e. The lowest BCUT2D eigenvalue weighted by atomic mass is 9.99. The average Bonchev–Trinajstić information content (AvgIpc) is 0.854. The van der Waals surface area contributed by atoms with Gasteiger partial charge in [0, 0.05) is 172 Å². The number of amides is 3. The molecule has 3 amide bonds. The first-order chi connectivity index (χ1) is 63.4. The standard InChI is InChI=1S/C54H72N12O17.C37H59N5O9/c55-54-61-50-49(52(79)62-54)59-39(29-58-50)28-57-38-9-7-37(8-10-38)51(78)60-43(53(80)81)13-11-41(67)2-1-22-82-24-25-83-23-15-56-44(69)14-12-42(68)27-36-5-3-35(4-6-36)26-40(66(33-47(74)75)34-48(76)77)30-63-16-18-64(31-45(70)71)20-21-65(19-17-63)32-46(72)73;1-27(43)22-39-15-16-40(23-28(2)44)18-20-41(19-17-39)24-31(21-29-9-11-30(12-10-29)38-32(45)13-14-33(46)47)42(25-34(48)50-36(3,4)5)26-35(49)51-37(6,7)8/h3-10,29,40,43,57H,1-2,11-28,30-34H2,(H,56,69)(H,60,78)(H,70,71)(H,72,73)(H,74,75)(H,76,77)(H,80,81)(H3,55,58,61,62,79);9-12,31H,13-26H2,1-8H3,(H,38,45)(H,46,47)/t40?,43-;/m0./s1. The number of rotatable bonds is 54. The minimum Gasteiger partial charge on any atom is -0.481 e. The summed E-state index contributed by atoms with van der Waals surface area (Å²) in [5.41, 5.74) is 7.73. The Kier molecular flexibility index (Phi) is 46.9. The Labute approximate surface area is 777 Å². The summed E-state index contributed by atoms with van der Waals surface area (Å²) in [6.45, 7) is 20.1. The smallest absolute Gasteiger partial charge is 0.326 e. The highest BCUT2D eigenvalue weighted by Crippen LogP contribution is 2.22. The molecule has 0 spiro atoms. The molecule has 0 bridgehead atoms. The topological polar surface area (TPSA) is 586 Å². The van der Waals surface area contributed by atoms with E-state index < -0.39 is 102 Å². The highest BCUT2D eigenvalue weighted by Gasteiger charge is 2.34. The number of ether oxygens (including phenoxy) is 4. The second-order valence-corrected chi connectivity index (χ2v) is 35.1. The lowest BCUT2D eigenvalue weighted by Gasteiger charge is -2.36. The van der Waals surface area contributed by atoms with Gasteiger partial charge >= 0.3 is 47.8 Å². The van der Waals surface area contributed by atoms with Crippen LogP contribution < -0.4 is 32.6 Å². The molecule has 4 heterocycles. The molecule has 134 heavy (non-hydrogen) atoms. The number of nitrogens with zero attached hydrogens (tertiary/aromatic N) is 11. The SMILES string of the molecule is CC(=O)CN1CCN(CC(C)=O)CCN(CC(Cc2ccc(NC(=O)CCC(=O)O)cc2)N(CC(=O)OC(C)(C)C)CC(=O)OC(C)(C)C)CC1.Nc1nc2ncc(CNc3ccc(C(=O)N[C@@H](CCC(=O)CCCOCCOCCNC(=O)CCC(=O)Cc4ccc(CC(CN5CCN(CC(=O)O)CCN(CC(=O)O)CC5)N(CC(=O)O)CC(=O)O)cc4)C(=O)O)cc3)nc2c(=O)[nH]1. The van der Waals surface area contributed by atoms with Crippen molar-refractivity contribution in [2.24, 2.45) is 0 Å². The van der Waals surface area contributed by atoms with Crippen LogP contribution in [0.25, 0.3) is 11.2 Å². The summed E-state index contributed by atoms with van der Waals surface area (Å²) in [6.07, 6.45) is 1.99. The fraction of sp³-hybridized carbons (Fsp3) is 0.571. The Balaban J connectivity index is 0.000000463. The predicted octanol–water partition coefficient (Wildman–Crippen LogP) is 1.92. The summed E-state index contributed by atoms with van der Waals surface area (Å²) in [4.78, 5) is 225. The molecule has 7 rings (SSSR count). The molecular formula is C91H131N17O26. The van der Waals surface area contributed by atoms with Crippen molar-refractivity contribution in [2.45, 2.75) is 162 Å². The van der Waals surface area contributed by atoms with E-state index in [1.165, 1.54) is 23.2 Å². The van der Waals surface area contributed by atoms with Crippen molar-refractivity contribution in [2.75, 3.05) is 193 Å². The molecule has 2 saturated heterocycles. The summed E-state index contributed by atoms with van der Waals surface area (Å²) in [6, 6.07) is 18.1. The molecule has 736 valence electrons. The van der Waals surface area contributed by atoms with E-state index >= 15 is 0 Å². The fourth-order valence-electron chi connectivity index (χ4n) is 14.7. The van der Waals surface area contributed by atoms with Crippen molar-refractivity contribution < 1.29 is 122 Å². The van der Waals surface area contributed by atoms with Gasteiger partial charge in [-0.2, -0.15) is 4.98 Å². The third-order valence-electron chi connectivity index (χ3n) is 21.1. The van der Waals surface area contributed by atoms with E-state index in [0.717, 1.165) is 11.1 Å². The molecule has 3 atom stereocenters.